The van der Waals surface area contributed by atoms with E-state index in [1.807, 2.05) is 13.1 Å². The molecule has 3 aromatic rings. The quantitative estimate of drug-likeness (QED) is 0.738. The molecule has 0 atom stereocenters. The highest BCUT2D eigenvalue weighted by Crippen LogP contribution is 2.24. The van der Waals surface area contributed by atoms with Gasteiger partial charge in [0.25, 0.3) is 0 Å². The third kappa shape index (κ3) is 1.75. The molecule has 0 aliphatic rings. The van der Waals surface area contributed by atoms with Gasteiger partial charge in [0.2, 0.25) is 5.78 Å². The fourth-order valence-electron chi connectivity index (χ4n) is 1.86. The molecule has 88 valence electrons. The summed E-state index contributed by atoms with van der Waals surface area (Å²) < 4.78 is 6.33. The first kappa shape index (κ1) is 10.5. The second kappa shape index (κ2) is 3.97. The van der Waals surface area contributed by atoms with Crippen molar-refractivity contribution in [3.8, 4) is 10.6 Å². The second-order valence-electron chi connectivity index (χ2n) is 3.98. The van der Waals surface area contributed by atoms with E-state index >= 15 is 0 Å². The summed E-state index contributed by atoms with van der Waals surface area (Å²) in [5.74, 6) is 0.856. The number of hydrogen-bond acceptors (Lipinski definition) is 4. The van der Waals surface area contributed by atoms with Gasteiger partial charge in [0.05, 0.1) is 22.5 Å². The zero-order valence-corrected chi connectivity index (χ0v) is 10.3. The van der Waals surface area contributed by atoms with E-state index in [0.29, 0.717) is 6.54 Å². The lowest BCUT2D eigenvalue weighted by atomic mass is 10.3. The Bertz CT molecular complexity index is 648. The van der Waals surface area contributed by atoms with Crippen LogP contribution in [0.3, 0.4) is 0 Å². The lowest BCUT2D eigenvalue weighted by Gasteiger charge is -1.93. The van der Waals surface area contributed by atoms with Crippen LogP contribution in [0.2, 0.25) is 0 Å². The topological polar surface area (TPSA) is 72.0 Å². The molecule has 0 aromatic carbocycles. The Kier molecular flexibility index (Phi) is 2.45. The second-order valence-corrected chi connectivity index (χ2v) is 4.79. The van der Waals surface area contributed by atoms with E-state index in [1.165, 1.54) is 11.5 Å². The van der Waals surface area contributed by atoms with Crippen LogP contribution in [0, 0.1) is 6.92 Å². The maximum absolute atomic E-state index is 5.57. The predicted molar refractivity (Wildman–Crippen MR) is 68.1 cm³/mol. The Labute approximate surface area is 102 Å². The lowest BCUT2D eigenvalue weighted by Crippen LogP contribution is -2.04. The SMILES string of the molecule is Cc1cc(-c2cn3c(CCN)cnc3[nH]2)sn1. The molecule has 0 aliphatic carbocycles. The molecule has 0 saturated carbocycles. The summed E-state index contributed by atoms with van der Waals surface area (Å²) in [6.07, 6.45) is 4.75. The predicted octanol–water partition coefficient (Wildman–Crippen LogP) is 1.60. The number of nitrogens with two attached hydrogens (primary N) is 1. The number of H-pyrrole nitrogens is 1. The maximum Gasteiger partial charge on any atom is 0.211 e. The normalized spacial score (nSPS) is 11.4. The molecule has 0 saturated heterocycles. The fourth-order valence-corrected chi connectivity index (χ4v) is 2.58. The first-order valence-corrected chi connectivity index (χ1v) is 6.24. The molecule has 3 rings (SSSR count). The number of aryl methyl sites for hydroxylation is 1. The summed E-state index contributed by atoms with van der Waals surface area (Å²) in [6, 6.07) is 2.07. The Balaban J connectivity index is 2.07. The Morgan fingerprint density at radius 2 is 2.41 bits per heavy atom. The van der Waals surface area contributed by atoms with E-state index in [2.05, 4.69) is 31.0 Å². The summed E-state index contributed by atoms with van der Waals surface area (Å²) in [5, 5.41) is 0. The van der Waals surface area contributed by atoms with Gasteiger partial charge < -0.3 is 10.7 Å². The van der Waals surface area contributed by atoms with Crippen molar-refractivity contribution in [1.82, 2.24) is 18.7 Å². The highest BCUT2D eigenvalue weighted by atomic mass is 32.1. The van der Waals surface area contributed by atoms with Crippen molar-refractivity contribution < 1.29 is 0 Å². The summed E-state index contributed by atoms with van der Waals surface area (Å²) in [5.41, 5.74) is 8.80. The van der Waals surface area contributed by atoms with Gasteiger partial charge in [0.1, 0.15) is 0 Å². The van der Waals surface area contributed by atoms with Gasteiger partial charge in [-0.1, -0.05) is 0 Å². The van der Waals surface area contributed by atoms with Gasteiger partial charge in [-0.2, -0.15) is 4.37 Å². The van der Waals surface area contributed by atoms with Crippen LogP contribution in [0.5, 0.6) is 0 Å². The molecule has 6 heteroatoms. The average Bonchev–Trinajstić information content (AvgIpc) is 2.95. The Morgan fingerprint density at radius 3 is 3.12 bits per heavy atom. The standard InChI is InChI=1S/C11H13N5S/c1-7-4-10(17-15-7)9-6-16-8(2-3-12)5-13-11(16)14-9/h4-6H,2-3,12H2,1H3,(H,13,14). The number of hydrogen-bond donors (Lipinski definition) is 2. The molecule has 0 unspecified atom stereocenters. The van der Waals surface area contributed by atoms with Crippen molar-refractivity contribution in [1.29, 1.82) is 0 Å². The highest BCUT2D eigenvalue weighted by molar-refractivity contribution is 7.09. The highest BCUT2D eigenvalue weighted by Gasteiger charge is 2.09. The smallest absolute Gasteiger partial charge is 0.211 e. The molecule has 0 fully saturated rings. The van der Waals surface area contributed by atoms with Crippen molar-refractivity contribution >= 4 is 17.3 Å². The molecule has 3 N–H and O–H groups in total. The number of rotatable bonds is 3. The largest absolute Gasteiger partial charge is 0.330 e. The number of nitrogens with one attached hydrogen (secondary N) is 1. The van der Waals surface area contributed by atoms with Gasteiger partial charge in [0, 0.05) is 18.3 Å². The van der Waals surface area contributed by atoms with E-state index in [4.69, 9.17) is 5.73 Å². The van der Waals surface area contributed by atoms with Gasteiger partial charge in [-0.05, 0) is 31.1 Å². The van der Waals surface area contributed by atoms with Crippen molar-refractivity contribution in [3.05, 3.63) is 29.8 Å². The summed E-state index contributed by atoms with van der Waals surface area (Å²) in [7, 11) is 0. The number of fused-ring (bicyclic) bond motifs is 1. The van der Waals surface area contributed by atoms with Crippen LogP contribution < -0.4 is 5.73 Å². The van der Waals surface area contributed by atoms with Crippen molar-refractivity contribution in [2.24, 2.45) is 5.73 Å². The zero-order valence-electron chi connectivity index (χ0n) is 9.47. The van der Waals surface area contributed by atoms with E-state index in [0.717, 1.165) is 34.2 Å². The molecule has 0 bridgehead atoms. The minimum atomic E-state index is 0.633. The number of nitrogens with zero attached hydrogens (tertiary/aromatic N) is 3. The molecule has 3 heterocycles. The third-order valence-electron chi connectivity index (χ3n) is 2.67. The molecule has 0 amide bonds. The van der Waals surface area contributed by atoms with Gasteiger partial charge >= 0.3 is 0 Å². The van der Waals surface area contributed by atoms with E-state index in [1.54, 1.807) is 0 Å². The number of imidazole rings is 2. The van der Waals surface area contributed by atoms with Crippen LogP contribution in [0.1, 0.15) is 11.4 Å². The van der Waals surface area contributed by atoms with Crippen molar-refractivity contribution in [2.75, 3.05) is 6.54 Å². The monoisotopic (exact) mass is 247 g/mol. The van der Waals surface area contributed by atoms with Crippen LogP contribution in [-0.2, 0) is 6.42 Å². The average molecular weight is 247 g/mol. The number of aromatic amines is 1. The van der Waals surface area contributed by atoms with Crippen molar-refractivity contribution in [2.45, 2.75) is 13.3 Å². The summed E-state index contributed by atoms with van der Waals surface area (Å²) in [6.45, 7) is 2.63. The molecule has 17 heavy (non-hydrogen) atoms. The van der Waals surface area contributed by atoms with E-state index in [9.17, 15) is 0 Å². The van der Waals surface area contributed by atoms with Gasteiger partial charge in [0.15, 0.2) is 0 Å². The van der Waals surface area contributed by atoms with Crippen LogP contribution in [0.15, 0.2) is 18.5 Å². The molecular weight excluding hydrogens is 234 g/mol. The zero-order chi connectivity index (χ0) is 11.8. The Morgan fingerprint density at radius 1 is 1.53 bits per heavy atom. The molecular formula is C11H13N5S. The lowest BCUT2D eigenvalue weighted by molar-refractivity contribution is 0.908. The first-order valence-electron chi connectivity index (χ1n) is 5.46. The van der Waals surface area contributed by atoms with Crippen LogP contribution in [-0.4, -0.2) is 25.3 Å². The minimum absolute atomic E-state index is 0.633. The molecule has 5 nitrogen and oxygen atoms in total. The van der Waals surface area contributed by atoms with Crippen molar-refractivity contribution in [3.63, 3.8) is 0 Å². The summed E-state index contributed by atoms with van der Waals surface area (Å²) in [4.78, 5) is 8.74. The fraction of sp³-hybridized carbons (Fsp3) is 0.273. The van der Waals surface area contributed by atoms with Crippen LogP contribution in [0.4, 0.5) is 0 Å². The Hall–Kier alpha value is -1.66. The van der Waals surface area contributed by atoms with E-state index in [-0.39, 0.29) is 0 Å². The van der Waals surface area contributed by atoms with Gasteiger partial charge in [-0.15, -0.1) is 0 Å². The maximum atomic E-state index is 5.57. The first-order chi connectivity index (χ1) is 8.28. The molecule has 0 aliphatic heterocycles. The third-order valence-corrected chi connectivity index (χ3v) is 3.59. The van der Waals surface area contributed by atoms with Gasteiger partial charge in [-0.3, -0.25) is 4.40 Å². The van der Waals surface area contributed by atoms with E-state index < -0.39 is 0 Å². The van der Waals surface area contributed by atoms with Crippen LogP contribution >= 0.6 is 11.5 Å². The van der Waals surface area contributed by atoms with Crippen LogP contribution in [0.25, 0.3) is 16.3 Å². The number of aromatic nitrogens is 4. The van der Waals surface area contributed by atoms with Gasteiger partial charge in [-0.25, -0.2) is 4.98 Å². The molecule has 3 aromatic heterocycles. The molecule has 0 spiro atoms. The summed E-state index contributed by atoms with van der Waals surface area (Å²) >= 11 is 1.49. The minimum Gasteiger partial charge on any atom is -0.330 e. The molecule has 0 radical (unpaired) electrons.